The SMILES string of the molecule is C=C(C)CN(CC)C(=O)COC(=O)c1cccc2ncccc12. The van der Waals surface area contributed by atoms with Gasteiger partial charge in [-0.15, -0.1) is 0 Å². The summed E-state index contributed by atoms with van der Waals surface area (Å²) in [6.45, 7) is 8.25. The molecule has 23 heavy (non-hydrogen) atoms. The number of rotatable bonds is 6. The Bertz CT molecular complexity index is 735. The van der Waals surface area contributed by atoms with Gasteiger partial charge in [0.05, 0.1) is 11.1 Å². The molecule has 0 bridgehead atoms. The first-order valence-electron chi connectivity index (χ1n) is 7.46. The first-order chi connectivity index (χ1) is 11.0. The van der Waals surface area contributed by atoms with E-state index < -0.39 is 5.97 Å². The molecule has 0 radical (unpaired) electrons. The average molecular weight is 312 g/mol. The Balaban J connectivity index is 2.07. The van der Waals surface area contributed by atoms with Crippen LogP contribution in [0.15, 0.2) is 48.7 Å². The number of carbonyl (C=O) groups excluding carboxylic acids is 2. The number of esters is 1. The van der Waals surface area contributed by atoms with Gasteiger partial charge in [-0.2, -0.15) is 0 Å². The average Bonchev–Trinajstić information content (AvgIpc) is 2.56. The van der Waals surface area contributed by atoms with Gasteiger partial charge in [0.15, 0.2) is 6.61 Å². The van der Waals surface area contributed by atoms with E-state index in [0.717, 1.165) is 5.57 Å². The lowest BCUT2D eigenvalue weighted by atomic mass is 10.1. The third-order valence-corrected chi connectivity index (χ3v) is 3.39. The van der Waals surface area contributed by atoms with Crippen molar-refractivity contribution < 1.29 is 14.3 Å². The van der Waals surface area contributed by atoms with Crippen molar-refractivity contribution >= 4 is 22.8 Å². The quantitative estimate of drug-likeness (QED) is 0.608. The highest BCUT2D eigenvalue weighted by Gasteiger charge is 2.16. The number of hydrogen-bond donors (Lipinski definition) is 0. The van der Waals surface area contributed by atoms with E-state index in [0.29, 0.717) is 29.6 Å². The number of fused-ring (bicyclic) bond motifs is 1. The maximum absolute atomic E-state index is 12.3. The molecule has 0 N–H and O–H groups in total. The van der Waals surface area contributed by atoms with Crippen LogP contribution in [0.2, 0.25) is 0 Å². The number of carbonyl (C=O) groups is 2. The van der Waals surface area contributed by atoms with Crippen LogP contribution in [0.3, 0.4) is 0 Å². The lowest BCUT2D eigenvalue weighted by molar-refractivity contribution is -0.133. The molecule has 0 unspecified atom stereocenters. The number of amides is 1. The molecule has 0 atom stereocenters. The molecule has 0 fully saturated rings. The molecular formula is C18H20N2O3. The summed E-state index contributed by atoms with van der Waals surface area (Å²) in [6.07, 6.45) is 1.66. The first-order valence-corrected chi connectivity index (χ1v) is 7.46. The van der Waals surface area contributed by atoms with Crippen LogP contribution in [0.1, 0.15) is 24.2 Å². The molecule has 120 valence electrons. The minimum absolute atomic E-state index is 0.234. The van der Waals surface area contributed by atoms with Crippen LogP contribution >= 0.6 is 0 Å². The number of nitrogens with zero attached hydrogens (tertiary/aromatic N) is 2. The van der Waals surface area contributed by atoms with E-state index in [1.807, 2.05) is 19.9 Å². The standard InChI is InChI=1S/C18H20N2O3/c1-4-20(11-13(2)3)17(21)12-23-18(22)15-7-5-9-16-14(15)8-6-10-19-16/h5-10H,2,4,11-12H2,1,3H3. The molecule has 0 spiro atoms. The summed E-state index contributed by atoms with van der Waals surface area (Å²) < 4.78 is 5.17. The fourth-order valence-electron chi connectivity index (χ4n) is 2.28. The summed E-state index contributed by atoms with van der Waals surface area (Å²) in [7, 11) is 0. The van der Waals surface area contributed by atoms with Gasteiger partial charge in [0, 0.05) is 24.7 Å². The molecular weight excluding hydrogens is 292 g/mol. The largest absolute Gasteiger partial charge is 0.452 e. The van der Waals surface area contributed by atoms with Crippen LogP contribution in [0.4, 0.5) is 0 Å². The second kappa shape index (κ2) is 7.54. The van der Waals surface area contributed by atoms with Gasteiger partial charge in [0.1, 0.15) is 0 Å². The highest BCUT2D eigenvalue weighted by Crippen LogP contribution is 2.17. The van der Waals surface area contributed by atoms with E-state index in [2.05, 4.69) is 11.6 Å². The predicted molar refractivity (Wildman–Crippen MR) is 89.1 cm³/mol. The van der Waals surface area contributed by atoms with Gasteiger partial charge in [0.25, 0.3) is 5.91 Å². The van der Waals surface area contributed by atoms with Gasteiger partial charge in [-0.1, -0.05) is 24.3 Å². The summed E-state index contributed by atoms with van der Waals surface area (Å²) in [6, 6.07) is 8.80. The Kier molecular flexibility index (Phi) is 5.46. The lowest BCUT2D eigenvalue weighted by Crippen LogP contribution is -2.35. The lowest BCUT2D eigenvalue weighted by Gasteiger charge is -2.20. The van der Waals surface area contributed by atoms with Gasteiger partial charge < -0.3 is 9.64 Å². The predicted octanol–water partition coefficient (Wildman–Crippen LogP) is 2.82. The van der Waals surface area contributed by atoms with E-state index in [1.165, 1.54) is 0 Å². The summed E-state index contributed by atoms with van der Waals surface area (Å²) in [5.41, 5.74) is 2.00. The van der Waals surface area contributed by atoms with Crippen molar-refractivity contribution in [3.8, 4) is 0 Å². The van der Waals surface area contributed by atoms with E-state index in [1.54, 1.807) is 35.4 Å². The third-order valence-electron chi connectivity index (χ3n) is 3.39. The zero-order valence-electron chi connectivity index (χ0n) is 13.4. The Hall–Kier alpha value is -2.69. The summed E-state index contributed by atoms with van der Waals surface area (Å²) in [5, 5.41) is 0.710. The van der Waals surface area contributed by atoms with Gasteiger partial charge in [-0.25, -0.2) is 4.79 Å². The zero-order valence-corrected chi connectivity index (χ0v) is 13.4. The minimum atomic E-state index is -0.525. The Morgan fingerprint density at radius 3 is 2.74 bits per heavy atom. The molecule has 0 aliphatic rings. The molecule has 5 heteroatoms. The maximum atomic E-state index is 12.3. The second-order valence-electron chi connectivity index (χ2n) is 5.32. The molecule has 0 saturated carbocycles. The number of benzene rings is 1. The summed E-state index contributed by atoms with van der Waals surface area (Å²) >= 11 is 0. The number of pyridine rings is 1. The molecule has 1 aromatic heterocycles. The monoisotopic (exact) mass is 312 g/mol. The second-order valence-corrected chi connectivity index (χ2v) is 5.32. The molecule has 0 aliphatic carbocycles. The zero-order chi connectivity index (χ0) is 16.8. The van der Waals surface area contributed by atoms with Crippen LogP contribution < -0.4 is 0 Å². The van der Waals surface area contributed by atoms with Crippen molar-refractivity contribution in [2.75, 3.05) is 19.7 Å². The smallest absolute Gasteiger partial charge is 0.339 e. The first kappa shape index (κ1) is 16.7. The number of hydrogen-bond acceptors (Lipinski definition) is 4. The molecule has 0 aliphatic heterocycles. The van der Waals surface area contributed by atoms with Gasteiger partial charge >= 0.3 is 5.97 Å². The molecule has 1 amide bonds. The van der Waals surface area contributed by atoms with Crippen molar-refractivity contribution in [2.45, 2.75) is 13.8 Å². The summed E-state index contributed by atoms with van der Waals surface area (Å²) in [4.78, 5) is 30.2. The highest BCUT2D eigenvalue weighted by atomic mass is 16.5. The fourth-order valence-corrected chi connectivity index (χ4v) is 2.28. The molecule has 0 saturated heterocycles. The van der Waals surface area contributed by atoms with E-state index in [4.69, 9.17) is 4.74 Å². The number of likely N-dealkylation sites (N-methyl/N-ethyl adjacent to an activating group) is 1. The van der Waals surface area contributed by atoms with Crippen LogP contribution in [0.5, 0.6) is 0 Å². The Morgan fingerprint density at radius 2 is 2.04 bits per heavy atom. The van der Waals surface area contributed by atoms with Crippen molar-refractivity contribution in [1.82, 2.24) is 9.88 Å². The van der Waals surface area contributed by atoms with Crippen LogP contribution in [0.25, 0.3) is 10.9 Å². The summed E-state index contributed by atoms with van der Waals surface area (Å²) in [5.74, 6) is -0.759. The van der Waals surface area contributed by atoms with Crippen molar-refractivity contribution in [3.05, 3.63) is 54.2 Å². The van der Waals surface area contributed by atoms with Crippen LogP contribution in [-0.2, 0) is 9.53 Å². The molecule has 5 nitrogen and oxygen atoms in total. The molecule has 1 aromatic carbocycles. The van der Waals surface area contributed by atoms with Gasteiger partial charge in [0.2, 0.25) is 0 Å². The van der Waals surface area contributed by atoms with Gasteiger partial charge in [-0.05, 0) is 32.0 Å². The van der Waals surface area contributed by atoms with Crippen LogP contribution in [-0.4, -0.2) is 41.5 Å². The van der Waals surface area contributed by atoms with Crippen LogP contribution in [0, 0.1) is 0 Å². The Morgan fingerprint density at radius 1 is 1.26 bits per heavy atom. The van der Waals surface area contributed by atoms with Crippen molar-refractivity contribution in [3.63, 3.8) is 0 Å². The number of aromatic nitrogens is 1. The minimum Gasteiger partial charge on any atom is -0.452 e. The maximum Gasteiger partial charge on any atom is 0.339 e. The molecule has 2 rings (SSSR count). The third kappa shape index (κ3) is 4.16. The van der Waals surface area contributed by atoms with E-state index in [-0.39, 0.29) is 12.5 Å². The van der Waals surface area contributed by atoms with Crippen molar-refractivity contribution in [2.24, 2.45) is 0 Å². The topological polar surface area (TPSA) is 59.5 Å². The normalized spacial score (nSPS) is 10.3. The van der Waals surface area contributed by atoms with Gasteiger partial charge in [-0.3, -0.25) is 9.78 Å². The van der Waals surface area contributed by atoms with E-state index >= 15 is 0 Å². The van der Waals surface area contributed by atoms with E-state index in [9.17, 15) is 9.59 Å². The molecule has 2 aromatic rings. The molecule has 1 heterocycles. The number of ether oxygens (including phenoxy) is 1. The van der Waals surface area contributed by atoms with Crippen molar-refractivity contribution in [1.29, 1.82) is 0 Å². The fraction of sp³-hybridized carbons (Fsp3) is 0.278. The Labute approximate surface area is 135 Å². The highest BCUT2D eigenvalue weighted by molar-refractivity contribution is 6.03.